The van der Waals surface area contributed by atoms with Gasteiger partial charge in [0.15, 0.2) is 0 Å². The van der Waals surface area contributed by atoms with Crippen molar-refractivity contribution in [2.24, 2.45) is 0 Å². The summed E-state index contributed by atoms with van der Waals surface area (Å²) in [7, 11) is 0. The van der Waals surface area contributed by atoms with Crippen LogP contribution in [-0.2, 0) is 16.0 Å². The number of benzene rings is 2. The average molecular weight is 505 g/mol. The van der Waals surface area contributed by atoms with E-state index in [1.807, 2.05) is 0 Å². The maximum Gasteiger partial charge on any atom is 0.341 e. The van der Waals surface area contributed by atoms with Gasteiger partial charge in [-0.05, 0) is 61.7 Å². The molecule has 2 amide bonds. The summed E-state index contributed by atoms with van der Waals surface area (Å²) < 4.78 is 5.16. The van der Waals surface area contributed by atoms with E-state index in [4.69, 9.17) is 27.9 Å². The number of ether oxygens (including phenoxy) is 1. The zero-order chi connectivity index (χ0) is 24.1. The van der Waals surface area contributed by atoms with Gasteiger partial charge in [0.2, 0.25) is 5.91 Å². The van der Waals surface area contributed by atoms with Crippen LogP contribution in [0.2, 0.25) is 10.0 Å². The third kappa shape index (κ3) is 5.93. The van der Waals surface area contributed by atoms with Crippen molar-refractivity contribution in [2.45, 2.75) is 27.2 Å². The minimum Gasteiger partial charge on any atom is -0.462 e. The minimum absolute atomic E-state index is 0.0830. The molecule has 0 aliphatic heterocycles. The van der Waals surface area contributed by atoms with Crippen LogP contribution in [0.3, 0.4) is 0 Å². The molecule has 2 aromatic carbocycles. The molecule has 0 unspecified atom stereocenters. The SMILES string of the molecule is CCOC(=O)c1c(NC(=O)Cc2ccc(Cl)cc2)sc(C(=O)Nc2cccc(Cl)c2C)c1C. The van der Waals surface area contributed by atoms with Crippen molar-refractivity contribution in [1.82, 2.24) is 0 Å². The highest BCUT2D eigenvalue weighted by Gasteiger charge is 2.27. The van der Waals surface area contributed by atoms with E-state index in [1.54, 1.807) is 63.2 Å². The zero-order valence-electron chi connectivity index (χ0n) is 18.3. The van der Waals surface area contributed by atoms with Gasteiger partial charge in [0.05, 0.1) is 23.5 Å². The van der Waals surface area contributed by atoms with E-state index in [0.717, 1.165) is 22.5 Å². The lowest BCUT2D eigenvalue weighted by Crippen LogP contribution is -2.16. The summed E-state index contributed by atoms with van der Waals surface area (Å²) in [5.74, 6) is -1.35. The molecule has 3 rings (SSSR count). The molecule has 1 aromatic heterocycles. The summed E-state index contributed by atoms with van der Waals surface area (Å²) in [6, 6.07) is 12.1. The van der Waals surface area contributed by atoms with Crippen molar-refractivity contribution in [3.8, 4) is 0 Å². The normalized spacial score (nSPS) is 10.6. The molecule has 172 valence electrons. The number of anilines is 2. The fourth-order valence-corrected chi connectivity index (χ4v) is 4.55. The first-order valence-electron chi connectivity index (χ1n) is 10.1. The molecule has 0 radical (unpaired) electrons. The summed E-state index contributed by atoms with van der Waals surface area (Å²) in [4.78, 5) is 38.6. The largest absolute Gasteiger partial charge is 0.462 e. The van der Waals surface area contributed by atoms with E-state index in [1.165, 1.54) is 0 Å². The second kappa shape index (κ2) is 10.8. The number of halogens is 2. The molecule has 1 heterocycles. The van der Waals surface area contributed by atoms with Gasteiger partial charge in [-0.3, -0.25) is 9.59 Å². The van der Waals surface area contributed by atoms with Crippen LogP contribution in [0.15, 0.2) is 42.5 Å². The van der Waals surface area contributed by atoms with Crippen LogP contribution in [0.4, 0.5) is 10.7 Å². The maximum absolute atomic E-state index is 13.0. The molecule has 33 heavy (non-hydrogen) atoms. The molecule has 9 heteroatoms. The molecule has 0 aliphatic carbocycles. The van der Waals surface area contributed by atoms with Crippen molar-refractivity contribution in [1.29, 1.82) is 0 Å². The molecule has 0 bridgehead atoms. The van der Waals surface area contributed by atoms with Crippen molar-refractivity contribution in [3.05, 3.63) is 79.6 Å². The molecule has 2 N–H and O–H groups in total. The monoisotopic (exact) mass is 504 g/mol. The van der Waals surface area contributed by atoms with Crippen molar-refractivity contribution < 1.29 is 19.1 Å². The molecular formula is C24H22Cl2N2O4S. The Morgan fingerprint density at radius 2 is 1.67 bits per heavy atom. The van der Waals surface area contributed by atoms with Crippen LogP contribution in [0, 0.1) is 13.8 Å². The quantitative estimate of drug-likeness (QED) is 0.370. The summed E-state index contributed by atoms with van der Waals surface area (Å²) in [5.41, 5.74) is 2.64. The highest BCUT2D eigenvalue weighted by molar-refractivity contribution is 7.19. The van der Waals surface area contributed by atoms with Gasteiger partial charge in [0, 0.05) is 15.7 Å². The Bertz CT molecular complexity index is 1210. The number of rotatable bonds is 7. The Morgan fingerprint density at radius 3 is 2.33 bits per heavy atom. The first-order valence-corrected chi connectivity index (χ1v) is 11.7. The first kappa shape index (κ1) is 24.8. The van der Waals surface area contributed by atoms with Gasteiger partial charge in [-0.1, -0.05) is 41.4 Å². The molecule has 0 aliphatic rings. The number of carbonyl (C=O) groups excluding carboxylic acids is 3. The van der Waals surface area contributed by atoms with Gasteiger partial charge in [0.25, 0.3) is 5.91 Å². The summed E-state index contributed by atoms with van der Waals surface area (Å²) in [5, 5.41) is 6.95. The summed E-state index contributed by atoms with van der Waals surface area (Å²) >= 11 is 13.1. The third-order valence-electron chi connectivity index (χ3n) is 4.88. The Kier molecular flexibility index (Phi) is 8.13. The number of hydrogen-bond acceptors (Lipinski definition) is 5. The molecule has 0 spiro atoms. The van der Waals surface area contributed by atoms with E-state index >= 15 is 0 Å². The fourth-order valence-electron chi connectivity index (χ4n) is 3.15. The number of esters is 1. The molecule has 0 saturated carbocycles. The Hall–Kier alpha value is -2.87. The molecule has 0 saturated heterocycles. The van der Waals surface area contributed by atoms with E-state index in [9.17, 15) is 14.4 Å². The van der Waals surface area contributed by atoms with Gasteiger partial charge >= 0.3 is 5.97 Å². The Labute approximate surface area is 205 Å². The molecule has 6 nitrogen and oxygen atoms in total. The van der Waals surface area contributed by atoms with Gasteiger partial charge in [0.1, 0.15) is 5.00 Å². The van der Waals surface area contributed by atoms with Crippen LogP contribution in [0.5, 0.6) is 0 Å². The highest BCUT2D eigenvalue weighted by atomic mass is 35.5. The number of hydrogen-bond donors (Lipinski definition) is 2. The number of nitrogens with one attached hydrogen (secondary N) is 2. The lowest BCUT2D eigenvalue weighted by atomic mass is 10.1. The molecule has 3 aromatic rings. The molecule has 0 atom stereocenters. The average Bonchev–Trinajstić information content (AvgIpc) is 3.09. The number of carbonyl (C=O) groups is 3. The third-order valence-corrected chi connectivity index (χ3v) is 6.75. The van der Waals surface area contributed by atoms with Crippen LogP contribution in [-0.4, -0.2) is 24.4 Å². The number of amides is 2. The highest BCUT2D eigenvalue weighted by Crippen LogP contribution is 2.35. The van der Waals surface area contributed by atoms with E-state index in [0.29, 0.717) is 26.2 Å². The Balaban J connectivity index is 1.89. The standard InChI is InChI=1S/C24H22Cl2N2O4S/c1-4-32-24(31)20-14(3)21(22(30)27-18-7-5-6-17(26)13(18)2)33-23(20)28-19(29)12-15-8-10-16(25)11-9-15/h5-11H,4,12H2,1-3H3,(H,27,30)(H,28,29). The molecule has 0 fully saturated rings. The van der Waals surface area contributed by atoms with Crippen LogP contribution in [0.25, 0.3) is 0 Å². The topological polar surface area (TPSA) is 84.5 Å². The first-order chi connectivity index (χ1) is 15.7. The van der Waals surface area contributed by atoms with Gasteiger partial charge in [-0.25, -0.2) is 4.79 Å². The predicted molar refractivity (Wildman–Crippen MR) is 133 cm³/mol. The van der Waals surface area contributed by atoms with Crippen molar-refractivity contribution in [2.75, 3.05) is 17.2 Å². The van der Waals surface area contributed by atoms with Crippen molar-refractivity contribution in [3.63, 3.8) is 0 Å². The molecular weight excluding hydrogens is 483 g/mol. The van der Waals surface area contributed by atoms with Gasteiger partial charge < -0.3 is 15.4 Å². The summed E-state index contributed by atoms with van der Waals surface area (Å²) in [6.45, 7) is 5.30. The van der Waals surface area contributed by atoms with Crippen molar-refractivity contribution >= 4 is 63.0 Å². The van der Waals surface area contributed by atoms with Crippen LogP contribution < -0.4 is 10.6 Å². The fraction of sp³-hybridized carbons (Fsp3) is 0.208. The van der Waals surface area contributed by atoms with E-state index in [2.05, 4.69) is 10.6 Å². The van der Waals surface area contributed by atoms with Gasteiger partial charge in [-0.15, -0.1) is 11.3 Å². The van der Waals surface area contributed by atoms with Crippen LogP contribution in [0.1, 0.15) is 43.6 Å². The zero-order valence-corrected chi connectivity index (χ0v) is 20.6. The minimum atomic E-state index is -0.606. The van der Waals surface area contributed by atoms with Gasteiger partial charge in [-0.2, -0.15) is 0 Å². The van der Waals surface area contributed by atoms with E-state index in [-0.39, 0.29) is 29.5 Å². The smallest absolute Gasteiger partial charge is 0.341 e. The van der Waals surface area contributed by atoms with Crippen LogP contribution >= 0.6 is 34.5 Å². The summed E-state index contributed by atoms with van der Waals surface area (Å²) in [6.07, 6.45) is 0.0830. The predicted octanol–water partition coefficient (Wildman–Crippen LogP) is 6.28. The second-order valence-corrected chi connectivity index (χ2v) is 9.06. The lowest BCUT2D eigenvalue weighted by Gasteiger charge is -2.09. The second-order valence-electron chi connectivity index (χ2n) is 7.20. The van der Waals surface area contributed by atoms with E-state index < -0.39 is 11.9 Å². The maximum atomic E-state index is 13.0. The number of thiophene rings is 1. The lowest BCUT2D eigenvalue weighted by molar-refractivity contribution is -0.115. The Morgan fingerprint density at radius 1 is 0.970 bits per heavy atom.